The lowest BCUT2D eigenvalue weighted by Gasteiger charge is -2.39. The Morgan fingerprint density at radius 1 is 1.04 bits per heavy atom. The van der Waals surface area contributed by atoms with Crippen LogP contribution in [-0.2, 0) is 17.5 Å². The first-order valence-corrected chi connectivity index (χ1v) is 8.34. The smallest absolute Gasteiger partial charge is 0.310 e. The average molecular weight is 384 g/mol. The Kier molecular flexibility index (Phi) is 5.19. The van der Waals surface area contributed by atoms with Gasteiger partial charge in [-0.05, 0) is 37.3 Å². The van der Waals surface area contributed by atoms with Crippen LogP contribution >= 0.6 is 0 Å². The quantitative estimate of drug-likeness (QED) is 0.740. The van der Waals surface area contributed by atoms with Crippen LogP contribution in [0.5, 0.6) is 0 Å². The second-order valence-corrected chi connectivity index (χ2v) is 6.38. The highest BCUT2D eigenvalue weighted by Crippen LogP contribution is 2.32. The van der Waals surface area contributed by atoms with Crippen molar-refractivity contribution in [3.05, 3.63) is 65.2 Å². The van der Waals surface area contributed by atoms with Gasteiger partial charge in [0.15, 0.2) is 0 Å². The van der Waals surface area contributed by atoms with E-state index < -0.39 is 35.3 Å². The third kappa shape index (κ3) is 3.95. The minimum Gasteiger partial charge on any atom is -0.310 e. The fourth-order valence-corrected chi connectivity index (χ4v) is 3.12. The molecule has 1 aliphatic heterocycles. The largest absolute Gasteiger partial charge is 0.416 e. The van der Waals surface area contributed by atoms with Crippen LogP contribution < -0.4 is 4.90 Å². The normalized spacial score (nSPS) is 18.8. The summed E-state index contributed by atoms with van der Waals surface area (Å²) in [7, 11) is 0. The van der Waals surface area contributed by atoms with Crippen molar-refractivity contribution in [1.29, 1.82) is 0 Å². The van der Waals surface area contributed by atoms with Gasteiger partial charge in [-0.1, -0.05) is 12.1 Å². The summed E-state index contributed by atoms with van der Waals surface area (Å²) in [6.45, 7) is 1.88. The zero-order valence-electron chi connectivity index (χ0n) is 14.4. The average Bonchev–Trinajstić information content (AvgIpc) is 2.61. The van der Waals surface area contributed by atoms with Gasteiger partial charge in [0.25, 0.3) is 0 Å². The second kappa shape index (κ2) is 7.26. The number of rotatable bonds is 3. The summed E-state index contributed by atoms with van der Waals surface area (Å²) in [4.78, 5) is 15.5. The van der Waals surface area contributed by atoms with Crippen molar-refractivity contribution in [2.45, 2.75) is 25.7 Å². The number of hydrogen-bond donors (Lipinski definition) is 0. The summed E-state index contributed by atoms with van der Waals surface area (Å²) in [5.74, 6) is -1.82. The molecule has 2 aromatic rings. The van der Waals surface area contributed by atoms with Gasteiger partial charge in [0, 0.05) is 30.9 Å². The van der Waals surface area contributed by atoms with Crippen molar-refractivity contribution in [3.8, 4) is 0 Å². The number of piperazine rings is 1. The summed E-state index contributed by atoms with van der Waals surface area (Å²) >= 11 is 0. The Bertz CT molecular complexity index is 832. The third-order valence-corrected chi connectivity index (χ3v) is 4.69. The summed E-state index contributed by atoms with van der Waals surface area (Å²) in [6.07, 6.45) is -4.51. The maximum atomic E-state index is 13.9. The molecule has 1 heterocycles. The van der Waals surface area contributed by atoms with E-state index in [0.29, 0.717) is 0 Å². The standard InChI is InChI=1S/C19H17F5N2O/c1-12-18(27)26(14-5-2-4-13(10-14)19(22,23)24)9-8-25(12)11-15-16(20)6-3-7-17(15)21/h2-7,10,12H,8-9,11H2,1H3. The Morgan fingerprint density at radius 3 is 2.30 bits per heavy atom. The van der Waals surface area contributed by atoms with Crippen molar-refractivity contribution in [3.63, 3.8) is 0 Å². The van der Waals surface area contributed by atoms with Gasteiger partial charge in [-0.15, -0.1) is 0 Å². The van der Waals surface area contributed by atoms with E-state index in [1.54, 1.807) is 11.8 Å². The van der Waals surface area contributed by atoms with E-state index in [-0.39, 0.29) is 30.9 Å². The summed E-state index contributed by atoms with van der Waals surface area (Å²) in [6, 6.07) is 7.36. The highest BCUT2D eigenvalue weighted by atomic mass is 19.4. The molecule has 0 aromatic heterocycles. The highest BCUT2D eigenvalue weighted by molar-refractivity contribution is 5.97. The molecule has 0 spiro atoms. The molecule has 1 unspecified atom stereocenters. The topological polar surface area (TPSA) is 23.6 Å². The molecule has 2 aromatic carbocycles. The predicted octanol–water partition coefficient (Wildman–Crippen LogP) is 4.22. The van der Waals surface area contributed by atoms with Crippen molar-refractivity contribution in [2.75, 3.05) is 18.0 Å². The molecule has 1 saturated heterocycles. The number of halogens is 5. The van der Waals surface area contributed by atoms with Crippen molar-refractivity contribution < 1.29 is 26.7 Å². The van der Waals surface area contributed by atoms with Crippen LogP contribution in [0.3, 0.4) is 0 Å². The molecule has 3 rings (SSSR count). The van der Waals surface area contributed by atoms with Crippen LogP contribution in [-0.4, -0.2) is 29.9 Å². The first-order valence-electron chi connectivity index (χ1n) is 8.34. The lowest BCUT2D eigenvalue weighted by Crippen LogP contribution is -2.55. The van der Waals surface area contributed by atoms with E-state index in [2.05, 4.69) is 0 Å². The van der Waals surface area contributed by atoms with E-state index in [1.807, 2.05) is 0 Å². The molecule has 8 heteroatoms. The Hall–Kier alpha value is -2.48. The predicted molar refractivity (Wildman–Crippen MR) is 90.0 cm³/mol. The van der Waals surface area contributed by atoms with E-state index in [0.717, 1.165) is 24.3 Å². The number of alkyl halides is 3. The Labute approximate surface area is 153 Å². The number of carbonyl (C=O) groups excluding carboxylic acids is 1. The van der Waals surface area contributed by atoms with Crippen molar-refractivity contribution in [1.82, 2.24) is 4.90 Å². The Morgan fingerprint density at radius 2 is 1.67 bits per heavy atom. The molecule has 0 aliphatic carbocycles. The molecule has 0 bridgehead atoms. The number of benzene rings is 2. The lowest BCUT2D eigenvalue weighted by molar-refractivity contribution is -0.137. The number of amides is 1. The van der Waals surface area contributed by atoms with Crippen LogP contribution in [0.1, 0.15) is 18.1 Å². The minimum atomic E-state index is -4.51. The first kappa shape index (κ1) is 19.3. The zero-order chi connectivity index (χ0) is 19.8. The van der Waals surface area contributed by atoms with Crippen LogP contribution in [0.15, 0.2) is 42.5 Å². The molecule has 27 heavy (non-hydrogen) atoms. The summed E-state index contributed by atoms with van der Waals surface area (Å²) < 4.78 is 66.4. The summed E-state index contributed by atoms with van der Waals surface area (Å²) in [5, 5.41) is 0. The van der Waals surface area contributed by atoms with E-state index >= 15 is 0 Å². The first-order chi connectivity index (χ1) is 12.7. The molecule has 144 valence electrons. The molecule has 1 aliphatic rings. The lowest BCUT2D eigenvalue weighted by atomic mass is 10.1. The van der Waals surface area contributed by atoms with E-state index in [1.165, 1.54) is 23.1 Å². The third-order valence-electron chi connectivity index (χ3n) is 4.69. The fraction of sp³-hybridized carbons (Fsp3) is 0.316. The van der Waals surface area contributed by atoms with Gasteiger partial charge in [-0.25, -0.2) is 8.78 Å². The minimum absolute atomic E-state index is 0.0954. The molecule has 0 saturated carbocycles. The van der Waals surface area contributed by atoms with E-state index in [9.17, 15) is 26.7 Å². The van der Waals surface area contributed by atoms with Crippen LogP contribution in [0.4, 0.5) is 27.6 Å². The van der Waals surface area contributed by atoms with Crippen LogP contribution in [0, 0.1) is 11.6 Å². The molecular weight excluding hydrogens is 367 g/mol. The van der Waals surface area contributed by atoms with Gasteiger partial charge in [-0.2, -0.15) is 13.2 Å². The molecule has 0 radical (unpaired) electrons. The van der Waals surface area contributed by atoms with Gasteiger partial charge in [0.05, 0.1) is 11.6 Å². The number of carbonyl (C=O) groups is 1. The molecular formula is C19H17F5N2O. The van der Waals surface area contributed by atoms with Gasteiger partial charge < -0.3 is 4.90 Å². The fourth-order valence-electron chi connectivity index (χ4n) is 3.12. The number of hydrogen-bond acceptors (Lipinski definition) is 2. The van der Waals surface area contributed by atoms with Crippen LogP contribution in [0.25, 0.3) is 0 Å². The SMILES string of the molecule is CC1C(=O)N(c2cccc(C(F)(F)F)c2)CCN1Cc1c(F)cccc1F. The number of nitrogens with zero attached hydrogens (tertiary/aromatic N) is 2. The highest BCUT2D eigenvalue weighted by Gasteiger charge is 2.35. The maximum Gasteiger partial charge on any atom is 0.416 e. The molecule has 1 atom stereocenters. The second-order valence-electron chi connectivity index (χ2n) is 6.38. The van der Waals surface area contributed by atoms with Gasteiger partial charge >= 0.3 is 6.18 Å². The van der Waals surface area contributed by atoms with Gasteiger partial charge in [0.1, 0.15) is 11.6 Å². The molecule has 0 N–H and O–H groups in total. The van der Waals surface area contributed by atoms with E-state index in [4.69, 9.17) is 0 Å². The Balaban J connectivity index is 1.79. The van der Waals surface area contributed by atoms with Crippen LogP contribution in [0.2, 0.25) is 0 Å². The monoisotopic (exact) mass is 384 g/mol. The number of anilines is 1. The maximum absolute atomic E-state index is 13.9. The molecule has 1 amide bonds. The molecule has 3 nitrogen and oxygen atoms in total. The van der Waals surface area contributed by atoms with Gasteiger partial charge in [0.2, 0.25) is 5.91 Å². The molecule has 1 fully saturated rings. The van der Waals surface area contributed by atoms with Gasteiger partial charge in [-0.3, -0.25) is 9.69 Å². The summed E-state index contributed by atoms with van der Waals surface area (Å²) in [5.41, 5.74) is -0.820. The van der Waals surface area contributed by atoms with Crippen molar-refractivity contribution >= 4 is 11.6 Å². The van der Waals surface area contributed by atoms with Crippen molar-refractivity contribution in [2.24, 2.45) is 0 Å². The zero-order valence-corrected chi connectivity index (χ0v) is 14.4.